The number of fused-ring (bicyclic) bond motifs is 1. The van der Waals surface area contributed by atoms with E-state index in [1.807, 2.05) is 30.3 Å². The Labute approximate surface area is 139 Å². The number of hydrogen-bond acceptors (Lipinski definition) is 5. The summed E-state index contributed by atoms with van der Waals surface area (Å²) in [6, 6.07) is 15.1. The summed E-state index contributed by atoms with van der Waals surface area (Å²) in [6.07, 6.45) is 2.50. The van der Waals surface area contributed by atoms with Gasteiger partial charge in [-0.3, -0.25) is 4.79 Å². The van der Waals surface area contributed by atoms with Crippen LogP contribution in [0, 0.1) is 0 Å². The number of nitrogens with zero attached hydrogens (tertiary/aromatic N) is 3. The summed E-state index contributed by atoms with van der Waals surface area (Å²) < 4.78 is 5.25. The van der Waals surface area contributed by atoms with Gasteiger partial charge in [-0.1, -0.05) is 18.2 Å². The molecule has 6 nitrogen and oxygen atoms in total. The molecule has 3 heterocycles. The van der Waals surface area contributed by atoms with Gasteiger partial charge in [-0.05, 0) is 42.3 Å². The second-order valence-corrected chi connectivity index (χ2v) is 5.57. The number of aromatic nitrogens is 2. The average molecular weight is 320 g/mol. The third kappa shape index (κ3) is 2.74. The van der Waals surface area contributed by atoms with Crippen molar-refractivity contribution in [2.75, 3.05) is 16.8 Å². The molecule has 0 atom stereocenters. The minimum absolute atomic E-state index is 0.120. The first-order valence-corrected chi connectivity index (χ1v) is 7.81. The number of nitrogens with one attached hydrogen (secondary N) is 1. The average Bonchev–Trinajstić information content (AvgIpc) is 3.29. The molecule has 1 aromatic carbocycles. The molecule has 0 spiro atoms. The van der Waals surface area contributed by atoms with E-state index in [2.05, 4.69) is 21.6 Å². The number of benzene rings is 1. The minimum Gasteiger partial charge on any atom is -0.467 e. The van der Waals surface area contributed by atoms with Crippen LogP contribution in [0.2, 0.25) is 0 Å². The van der Waals surface area contributed by atoms with Gasteiger partial charge < -0.3 is 14.6 Å². The minimum atomic E-state index is -0.120. The molecular formula is C18H16N4O2. The van der Waals surface area contributed by atoms with E-state index in [4.69, 9.17) is 4.42 Å². The SMILES string of the molecule is O=C(c1ccc(NCc2ccco2)nn1)N1CCc2ccccc21. The number of carbonyl (C=O) groups excluding carboxylic acids is 1. The van der Waals surface area contributed by atoms with Crippen LogP contribution in [0.1, 0.15) is 21.8 Å². The van der Waals surface area contributed by atoms with Gasteiger partial charge in [-0.2, -0.15) is 0 Å². The molecule has 0 radical (unpaired) electrons. The maximum Gasteiger partial charge on any atom is 0.278 e. The summed E-state index contributed by atoms with van der Waals surface area (Å²) in [6.45, 7) is 1.20. The zero-order valence-corrected chi connectivity index (χ0v) is 13.0. The van der Waals surface area contributed by atoms with Gasteiger partial charge in [0, 0.05) is 12.2 Å². The quantitative estimate of drug-likeness (QED) is 0.800. The zero-order chi connectivity index (χ0) is 16.4. The van der Waals surface area contributed by atoms with Gasteiger partial charge in [0.2, 0.25) is 0 Å². The first-order valence-electron chi connectivity index (χ1n) is 7.81. The molecule has 3 aromatic rings. The van der Waals surface area contributed by atoms with Crippen molar-refractivity contribution in [1.29, 1.82) is 0 Å². The van der Waals surface area contributed by atoms with E-state index in [1.54, 1.807) is 23.3 Å². The molecule has 24 heavy (non-hydrogen) atoms. The van der Waals surface area contributed by atoms with Crippen molar-refractivity contribution in [3.63, 3.8) is 0 Å². The van der Waals surface area contributed by atoms with Gasteiger partial charge in [0.1, 0.15) is 11.6 Å². The fourth-order valence-electron chi connectivity index (χ4n) is 2.82. The van der Waals surface area contributed by atoms with Gasteiger partial charge in [0.15, 0.2) is 5.69 Å². The number of hydrogen-bond donors (Lipinski definition) is 1. The van der Waals surface area contributed by atoms with E-state index < -0.39 is 0 Å². The number of anilines is 2. The van der Waals surface area contributed by atoms with Crippen LogP contribution >= 0.6 is 0 Å². The van der Waals surface area contributed by atoms with Crippen LogP contribution in [0.4, 0.5) is 11.5 Å². The number of furan rings is 1. The lowest BCUT2D eigenvalue weighted by Crippen LogP contribution is -2.29. The largest absolute Gasteiger partial charge is 0.467 e. The van der Waals surface area contributed by atoms with Crippen LogP contribution in [-0.2, 0) is 13.0 Å². The Balaban J connectivity index is 1.46. The molecule has 1 aliphatic rings. The number of carbonyl (C=O) groups is 1. The lowest BCUT2D eigenvalue weighted by atomic mass is 10.2. The Morgan fingerprint density at radius 2 is 2.04 bits per heavy atom. The molecule has 0 saturated carbocycles. The Morgan fingerprint density at radius 1 is 1.12 bits per heavy atom. The lowest BCUT2D eigenvalue weighted by Gasteiger charge is -2.16. The first kappa shape index (κ1) is 14.4. The van der Waals surface area contributed by atoms with E-state index in [1.165, 1.54) is 5.56 Å². The summed E-state index contributed by atoms with van der Waals surface area (Å²) in [5.74, 6) is 1.29. The molecule has 6 heteroatoms. The van der Waals surface area contributed by atoms with Crippen molar-refractivity contribution in [1.82, 2.24) is 10.2 Å². The normalized spacial score (nSPS) is 12.9. The van der Waals surface area contributed by atoms with Gasteiger partial charge in [-0.15, -0.1) is 10.2 Å². The van der Waals surface area contributed by atoms with Gasteiger partial charge >= 0.3 is 0 Å². The number of rotatable bonds is 4. The number of para-hydroxylation sites is 1. The van der Waals surface area contributed by atoms with Crippen molar-refractivity contribution in [3.05, 3.63) is 71.8 Å². The summed E-state index contributed by atoms with van der Waals surface area (Å²) >= 11 is 0. The Hall–Kier alpha value is -3.15. The molecule has 120 valence electrons. The van der Waals surface area contributed by atoms with Gasteiger partial charge in [-0.25, -0.2) is 0 Å². The standard InChI is InChI=1S/C18H16N4O2/c23-18(22-10-9-13-4-1-2-6-16(13)22)15-7-8-17(21-20-15)19-12-14-5-3-11-24-14/h1-8,11H,9-10,12H2,(H,19,21). The van der Waals surface area contributed by atoms with Crippen molar-refractivity contribution < 1.29 is 9.21 Å². The highest BCUT2D eigenvalue weighted by molar-refractivity contribution is 6.06. The zero-order valence-electron chi connectivity index (χ0n) is 13.0. The third-order valence-electron chi connectivity index (χ3n) is 4.04. The van der Waals surface area contributed by atoms with E-state index in [-0.39, 0.29) is 5.91 Å². The Bertz CT molecular complexity index is 844. The van der Waals surface area contributed by atoms with Crippen molar-refractivity contribution in [2.45, 2.75) is 13.0 Å². The maximum atomic E-state index is 12.7. The fraction of sp³-hybridized carbons (Fsp3) is 0.167. The molecule has 0 bridgehead atoms. The molecule has 0 fully saturated rings. The van der Waals surface area contributed by atoms with E-state index >= 15 is 0 Å². The van der Waals surface area contributed by atoms with Crippen molar-refractivity contribution in [2.24, 2.45) is 0 Å². The summed E-state index contributed by atoms with van der Waals surface area (Å²) in [7, 11) is 0. The number of amides is 1. The summed E-state index contributed by atoms with van der Waals surface area (Å²) in [4.78, 5) is 14.4. The van der Waals surface area contributed by atoms with E-state index in [0.29, 0.717) is 24.6 Å². The monoisotopic (exact) mass is 320 g/mol. The fourth-order valence-corrected chi connectivity index (χ4v) is 2.82. The Morgan fingerprint density at radius 3 is 2.83 bits per heavy atom. The second-order valence-electron chi connectivity index (χ2n) is 5.57. The second kappa shape index (κ2) is 6.16. The highest BCUT2D eigenvalue weighted by Gasteiger charge is 2.26. The predicted octanol–water partition coefficient (Wildman–Crippen LogP) is 2.88. The molecule has 2 aromatic heterocycles. The summed E-state index contributed by atoms with van der Waals surface area (Å²) in [5.41, 5.74) is 2.50. The van der Waals surface area contributed by atoms with Crippen LogP contribution in [0.5, 0.6) is 0 Å². The lowest BCUT2D eigenvalue weighted by molar-refractivity contribution is 0.0983. The van der Waals surface area contributed by atoms with Crippen LogP contribution in [-0.4, -0.2) is 22.6 Å². The topological polar surface area (TPSA) is 71.3 Å². The van der Waals surface area contributed by atoms with Crippen LogP contribution in [0.25, 0.3) is 0 Å². The molecule has 0 unspecified atom stereocenters. The molecule has 0 saturated heterocycles. The third-order valence-corrected chi connectivity index (χ3v) is 4.04. The maximum absolute atomic E-state index is 12.7. The van der Waals surface area contributed by atoms with Gasteiger partial charge in [0.25, 0.3) is 5.91 Å². The molecular weight excluding hydrogens is 304 g/mol. The van der Waals surface area contributed by atoms with Crippen molar-refractivity contribution in [3.8, 4) is 0 Å². The smallest absolute Gasteiger partial charge is 0.278 e. The summed E-state index contributed by atoms with van der Waals surface area (Å²) in [5, 5.41) is 11.2. The molecule has 1 amide bonds. The highest BCUT2D eigenvalue weighted by Crippen LogP contribution is 2.28. The molecule has 4 rings (SSSR count). The molecule has 0 aliphatic carbocycles. The first-order chi connectivity index (χ1) is 11.8. The van der Waals surface area contributed by atoms with Crippen LogP contribution in [0.15, 0.2) is 59.2 Å². The molecule has 1 N–H and O–H groups in total. The molecule has 1 aliphatic heterocycles. The van der Waals surface area contributed by atoms with Crippen LogP contribution < -0.4 is 10.2 Å². The van der Waals surface area contributed by atoms with Crippen LogP contribution in [0.3, 0.4) is 0 Å². The predicted molar refractivity (Wildman–Crippen MR) is 89.9 cm³/mol. The Kier molecular flexibility index (Phi) is 3.70. The van der Waals surface area contributed by atoms with Gasteiger partial charge in [0.05, 0.1) is 12.8 Å². The van der Waals surface area contributed by atoms with Crippen molar-refractivity contribution >= 4 is 17.4 Å². The highest BCUT2D eigenvalue weighted by atomic mass is 16.3. The van der Waals surface area contributed by atoms with E-state index in [0.717, 1.165) is 17.9 Å². The van der Waals surface area contributed by atoms with E-state index in [9.17, 15) is 4.79 Å².